The number of azo groups is 2. The van der Waals surface area contributed by atoms with Crippen molar-refractivity contribution in [3.05, 3.63) is 59.1 Å². The van der Waals surface area contributed by atoms with Crippen molar-refractivity contribution in [3.63, 3.8) is 0 Å². The van der Waals surface area contributed by atoms with Crippen molar-refractivity contribution in [1.29, 1.82) is 0 Å². The van der Waals surface area contributed by atoms with Crippen LogP contribution in [0.1, 0.15) is 0 Å². The minimum atomic E-state index is -5.23. The predicted octanol–water partition coefficient (Wildman–Crippen LogP) is -5.36. The van der Waals surface area contributed by atoms with E-state index < -0.39 is 42.0 Å². The number of rotatable bonds is 17. The molecule has 0 unspecified atom stereocenters. The van der Waals surface area contributed by atoms with Gasteiger partial charge in [0.05, 0.1) is 56.2 Å². The number of hydrogen-bond acceptors (Lipinski definition) is 24. The van der Waals surface area contributed by atoms with E-state index in [1.165, 1.54) is 42.5 Å². The Kier molecular flexibility index (Phi) is 22.9. The molecule has 0 bridgehead atoms. The van der Waals surface area contributed by atoms with Crippen LogP contribution < -0.4 is 116 Å². The van der Waals surface area contributed by atoms with Gasteiger partial charge in [0.15, 0.2) is 22.2 Å². The average Bonchev–Trinajstić information content (AvgIpc) is 3.06. The number of anilines is 4. The first-order chi connectivity index (χ1) is 24.2. The molecule has 4 aromatic rings. The molecule has 0 amide bonds. The third kappa shape index (κ3) is 15.1. The van der Waals surface area contributed by atoms with Crippen LogP contribution in [0.25, 0.3) is 0 Å². The molecule has 3 aromatic carbocycles. The molecular weight excluding hydrogens is 876 g/mol. The first-order valence-corrected chi connectivity index (χ1v) is 18.1. The van der Waals surface area contributed by atoms with Crippen molar-refractivity contribution in [3.8, 4) is 0 Å². The van der Waals surface area contributed by atoms with E-state index in [-0.39, 0.29) is 162 Å². The van der Waals surface area contributed by atoms with Gasteiger partial charge in [-0.15, -0.1) is 19.7 Å². The normalized spacial score (nSPS) is 11.6. The zero-order valence-electron chi connectivity index (χ0n) is 27.6. The van der Waals surface area contributed by atoms with E-state index in [2.05, 4.69) is 59.5 Å². The van der Waals surface area contributed by atoms with Gasteiger partial charge in [-0.05, 0) is 71.7 Å². The number of nitrogens with two attached hydrogens (primary N) is 2. The standard InChI is InChI=1S/C23H20Cl2N10O12S4.3Na/c24-21-29-22(25)31-23(30-21)28-12-3-6-16(48-46-44-36)14(9-12)33-35-20-18(26)15(10-17(19(20)27)51(40,41)42)34-32-11-1-4-13(5-2-11)50(38,39)8-7-43-49-47-45-37;;;/h1-6,9-10,36-37H,7-8,26-27H2,(H,40,41,42)(H,28,29,30,31);;;/q;3*+1/p-3. The molecule has 0 aliphatic heterocycles. The molecule has 0 aliphatic carbocycles. The van der Waals surface area contributed by atoms with Crippen LogP contribution in [-0.2, 0) is 42.9 Å². The maximum atomic E-state index is 12.5. The second kappa shape index (κ2) is 24.1. The van der Waals surface area contributed by atoms with E-state index in [1.807, 2.05) is 0 Å². The van der Waals surface area contributed by atoms with Crippen LogP contribution >= 0.6 is 47.6 Å². The maximum Gasteiger partial charge on any atom is 1.00 e. The van der Waals surface area contributed by atoms with Crippen molar-refractivity contribution in [1.82, 2.24) is 15.0 Å². The summed E-state index contributed by atoms with van der Waals surface area (Å²) in [6.45, 7) is -0.338. The Hall–Kier alpha value is -0.870. The zero-order valence-corrected chi connectivity index (χ0v) is 38.4. The van der Waals surface area contributed by atoms with Gasteiger partial charge in [0.2, 0.25) is 16.5 Å². The molecule has 54 heavy (non-hydrogen) atoms. The molecule has 0 radical (unpaired) electrons. The Morgan fingerprint density at radius 1 is 0.796 bits per heavy atom. The Morgan fingerprint density at radius 3 is 2.04 bits per heavy atom. The Bertz CT molecular complexity index is 2150. The van der Waals surface area contributed by atoms with Crippen molar-refractivity contribution in [2.45, 2.75) is 14.7 Å². The van der Waals surface area contributed by atoms with Crippen LogP contribution in [0.4, 0.5) is 45.8 Å². The van der Waals surface area contributed by atoms with E-state index in [0.717, 1.165) is 6.07 Å². The van der Waals surface area contributed by atoms with Crippen LogP contribution in [0.5, 0.6) is 0 Å². The molecule has 31 heteroatoms. The molecule has 272 valence electrons. The number of benzene rings is 3. The number of nitrogens with zero attached hydrogens (tertiary/aromatic N) is 7. The fourth-order valence-electron chi connectivity index (χ4n) is 3.63. The van der Waals surface area contributed by atoms with Gasteiger partial charge < -0.3 is 31.9 Å². The van der Waals surface area contributed by atoms with Gasteiger partial charge in [-0.3, -0.25) is 14.3 Å². The molecule has 4 rings (SSSR count). The number of hydrogen-bond donors (Lipinski definition) is 3. The van der Waals surface area contributed by atoms with Crippen molar-refractivity contribution >= 4 is 113 Å². The summed E-state index contributed by atoms with van der Waals surface area (Å²) in [6.07, 6.45) is 0. The second-order valence-electron chi connectivity index (χ2n) is 8.99. The van der Waals surface area contributed by atoms with Crippen LogP contribution in [-0.4, -0.2) is 48.7 Å². The van der Waals surface area contributed by atoms with Crippen molar-refractivity contribution in [2.75, 3.05) is 29.1 Å². The molecule has 0 spiro atoms. The summed E-state index contributed by atoms with van der Waals surface area (Å²) in [7, 11) is -9.06. The smallest absolute Gasteiger partial charge is 0.744 e. The fourth-order valence-corrected chi connectivity index (χ4v) is 6.43. The number of nitrogen functional groups attached to an aromatic ring is 2. The van der Waals surface area contributed by atoms with E-state index in [4.69, 9.17) is 38.9 Å². The van der Waals surface area contributed by atoms with Crippen LogP contribution in [0, 0.1) is 0 Å². The number of halogens is 2. The molecule has 0 fully saturated rings. The van der Waals surface area contributed by atoms with E-state index in [9.17, 15) is 31.9 Å². The SMILES string of the molecule is Nc1c(N=Nc2ccc(S(=O)(=O)CCOSOO[O-])cc2)cc(S(=O)(=O)[O-])c(N)c1N=Nc1cc(Nc2nc(Cl)nc(Cl)n2)ccc1SOO[O-].[Na+].[Na+].[Na+]. The van der Waals surface area contributed by atoms with Gasteiger partial charge >= 0.3 is 88.7 Å². The topological polar surface area (TPSA) is 336 Å². The maximum absolute atomic E-state index is 12.5. The quantitative estimate of drug-likeness (QED) is 0.0130. The number of sulfone groups is 1. The molecule has 22 nitrogen and oxygen atoms in total. The van der Waals surface area contributed by atoms with E-state index in [1.54, 1.807) is 0 Å². The van der Waals surface area contributed by atoms with Crippen LogP contribution in [0.3, 0.4) is 0 Å². The molecule has 5 N–H and O–H groups in total. The summed E-state index contributed by atoms with van der Waals surface area (Å²) in [4.78, 5) is 10.5. The first kappa shape index (κ1) is 51.1. The van der Waals surface area contributed by atoms with E-state index in [0.29, 0.717) is 12.0 Å². The number of aromatic nitrogens is 3. The molecule has 0 atom stereocenters. The molecular formula is C23H17Cl2N10Na3O12S4. The fraction of sp³-hybridized carbons (Fsp3) is 0.0870. The van der Waals surface area contributed by atoms with Gasteiger partial charge in [-0.25, -0.2) is 16.8 Å². The third-order valence-electron chi connectivity index (χ3n) is 5.80. The van der Waals surface area contributed by atoms with E-state index >= 15 is 0 Å². The van der Waals surface area contributed by atoms with Gasteiger partial charge in [-0.2, -0.15) is 24.4 Å². The first-order valence-electron chi connectivity index (χ1n) is 12.9. The summed E-state index contributed by atoms with van der Waals surface area (Å²) < 4.78 is 74.3. The van der Waals surface area contributed by atoms with Crippen molar-refractivity contribution in [2.24, 2.45) is 20.5 Å². The summed E-state index contributed by atoms with van der Waals surface area (Å²) in [6, 6.07) is 9.95. The molecule has 1 aromatic heterocycles. The van der Waals surface area contributed by atoms with Gasteiger partial charge in [0.25, 0.3) is 0 Å². The predicted molar refractivity (Wildman–Crippen MR) is 173 cm³/mol. The summed E-state index contributed by atoms with van der Waals surface area (Å²) in [5.41, 5.74) is 10.6. The molecule has 0 aliphatic rings. The zero-order chi connectivity index (χ0) is 37.2. The van der Waals surface area contributed by atoms with Gasteiger partial charge in [0.1, 0.15) is 27.2 Å². The molecule has 1 heterocycles. The summed E-state index contributed by atoms with van der Waals surface area (Å²) >= 11 is 12.2. The Morgan fingerprint density at radius 2 is 1.43 bits per heavy atom. The Balaban J connectivity index is 0.00000486. The minimum Gasteiger partial charge on any atom is -0.744 e. The van der Waals surface area contributed by atoms with Crippen LogP contribution in [0.2, 0.25) is 10.6 Å². The summed E-state index contributed by atoms with van der Waals surface area (Å²) in [5.74, 6) is -0.530. The average molecular weight is 894 g/mol. The monoisotopic (exact) mass is 892 g/mol. The van der Waals surface area contributed by atoms with Gasteiger partial charge in [0, 0.05) is 5.69 Å². The Labute approximate surface area is 390 Å². The second-order valence-corrected chi connectivity index (χ2v) is 14.4. The number of nitrogens with one attached hydrogen (secondary N) is 1. The molecule has 0 saturated heterocycles. The summed E-state index contributed by atoms with van der Waals surface area (Å²) in [5, 5.41) is 44.9. The van der Waals surface area contributed by atoms with Crippen LogP contribution in [0.15, 0.2) is 83.7 Å². The largest absolute Gasteiger partial charge is 1.00 e. The van der Waals surface area contributed by atoms with Gasteiger partial charge in [-0.1, -0.05) is 0 Å². The minimum absolute atomic E-state index is 0. The third-order valence-corrected chi connectivity index (χ3v) is 9.73. The van der Waals surface area contributed by atoms with Crippen molar-refractivity contribution < 1.29 is 144 Å². The molecule has 0 saturated carbocycles.